The van der Waals surface area contributed by atoms with Crippen LogP contribution in [0.25, 0.3) is 0 Å². The minimum Gasteiger partial charge on any atom is -0.384 e. The Morgan fingerprint density at radius 2 is 2.08 bits per heavy atom. The van der Waals surface area contributed by atoms with Gasteiger partial charge in [0.05, 0.1) is 6.61 Å². The van der Waals surface area contributed by atoms with Gasteiger partial charge in [-0.3, -0.25) is 4.79 Å². The smallest absolute Gasteiger partial charge is 0.223 e. The molecular formula is C18H25ClF2N2O2. The Hall–Kier alpha value is -1.24. The van der Waals surface area contributed by atoms with Crippen LogP contribution in [0.15, 0.2) is 18.2 Å². The molecule has 2 N–H and O–H groups in total. The number of benzene rings is 1. The highest BCUT2D eigenvalue weighted by Crippen LogP contribution is 2.48. The Morgan fingerprint density at radius 3 is 2.76 bits per heavy atom. The van der Waals surface area contributed by atoms with Crippen molar-refractivity contribution in [3.63, 3.8) is 0 Å². The molecule has 2 unspecified atom stereocenters. The zero-order valence-corrected chi connectivity index (χ0v) is 15.1. The lowest BCUT2D eigenvalue weighted by Gasteiger charge is -2.37. The van der Waals surface area contributed by atoms with Crippen molar-refractivity contribution in [3.05, 3.63) is 35.4 Å². The number of nitrogens with one attached hydrogen (secondary N) is 2. The molecule has 1 amide bonds. The van der Waals surface area contributed by atoms with Crippen molar-refractivity contribution in [2.45, 2.75) is 25.2 Å². The number of rotatable bonds is 6. The average molecular weight is 375 g/mol. The first kappa shape index (κ1) is 20.1. The first-order chi connectivity index (χ1) is 11.6. The van der Waals surface area contributed by atoms with Crippen molar-refractivity contribution in [1.29, 1.82) is 0 Å². The zero-order valence-electron chi connectivity index (χ0n) is 14.3. The Morgan fingerprint density at radius 1 is 1.36 bits per heavy atom. The molecule has 1 saturated carbocycles. The fourth-order valence-electron chi connectivity index (χ4n) is 3.68. The van der Waals surface area contributed by atoms with Crippen LogP contribution in [-0.2, 0) is 9.53 Å². The van der Waals surface area contributed by atoms with Crippen molar-refractivity contribution in [1.82, 2.24) is 10.6 Å². The van der Waals surface area contributed by atoms with Crippen LogP contribution in [0.3, 0.4) is 0 Å². The molecule has 2 aliphatic rings. The molecule has 0 bridgehead atoms. The van der Waals surface area contributed by atoms with Crippen LogP contribution in [0.2, 0.25) is 0 Å². The maximum Gasteiger partial charge on any atom is 0.223 e. The van der Waals surface area contributed by atoms with Gasteiger partial charge in [-0.1, -0.05) is 12.1 Å². The van der Waals surface area contributed by atoms with E-state index in [2.05, 4.69) is 10.6 Å². The van der Waals surface area contributed by atoms with Crippen LogP contribution in [0.1, 0.15) is 30.7 Å². The van der Waals surface area contributed by atoms with E-state index >= 15 is 0 Å². The molecule has 25 heavy (non-hydrogen) atoms. The molecule has 3 rings (SSSR count). The molecule has 140 valence electrons. The molecule has 2 atom stereocenters. The van der Waals surface area contributed by atoms with Crippen LogP contribution in [0.4, 0.5) is 8.78 Å². The fourth-order valence-corrected chi connectivity index (χ4v) is 3.68. The second kappa shape index (κ2) is 8.43. The summed E-state index contributed by atoms with van der Waals surface area (Å²) in [6.07, 6.45) is 2.48. The number of amides is 1. The summed E-state index contributed by atoms with van der Waals surface area (Å²) < 4.78 is 32.5. The maximum absolute atomic E-state index is 13.8. The predicted molar refractivity (Wildman–Crippen MR) is 93.9 cm³/mol. The van der Waals surface area contributed by atoms with E-state index in [1.54, 1.807) is 13.2 Å². The van der Waals surface area contributed by atoms with E-state index in [-0.39, 0.29) is 35.6 Å². The van der Waals surface area contributed by atoms with Gasteiger partial charge in [-0.25, -0.2) is 8.78 Å². The van der Waals surface area contributed by atoms with Crippen molar-refractivity contribution in [2.24, 2.45) is 11.3 Å². The molecule has 1 aliphatic heterocycles. The number of methoxy groups -OCH3 is 1. The van der Waals surface area contributed by atoms with Crippen LogP contribution in [-0.4, -0.2) is 39.3 Å². The monoisotopic (exact) mass is 374 g/mol. The summed E-state index contributed by atoms with van der Waals surface area (Å²) in [5.41, 5.74) is 0.271. The Balaban J connectivity index is 0.00000225. The Bertz CT molecular complexity index is 603. The van der Waals surface area contributed by atoms with Crippen molar-refractivity contribution >= 4 is 18.3 Å². The molecule has 1 aromatic rings. The van der Waals surface area contributed by atoms with Gasteiger partial charge in [0, 0.05) is 25.0 Å². The van der Waals surface area contributed by atoms with E-state index in [4.69, 9.17) is 4.74 Å². The predicted octanol–water partition coefficient (Wildman–Crippen LogP) is 2.62. The number of halogens is 3. The molecule has 0 aromatic heterocycles. The van der Waals surface area contributed by atoms with Crippen LogP contribution in [0, 0.1) is 23.0 Å². The lowest BCUT2D eigenvalue weighted by Crippen LogP contribution is -2.47. The highest BCUT2D eigenvalue weighted by molar-refractivity contribution is 5.85. The largest absolute Gasteiger partial charge is 0.384 e. The molecule has 1 aromatic carbocycles. The molecule has 1 saturated heterocycles. The van der Waals surface area contributed by atoms with Crippen LogP contribution < -0.4 is 10.6 Å². The molecule has 1 heterocycles. The van der Waals surface area contributed by atoms with Gasteiger partial charge >= 0.3 is 0 Å². The molecule has 4 nitrogen and oxygen atoms in total. The highest BCUT2D eigenvalue weighted by atomic mass is 35.5. The lowest BCUT2D eigenvalue weighted by atomic mass is 9.79. The summed E-state index contributed by atoms with van der Waals surface area (Å²) in [6, 6.07) is 4.15. The van der Waals surface area contributed by atoms with Gasteiger partial charge in [0.25, 0.3) is 0 Å². The first-order valence-electron chi connectivity index (χ1n) is 8.48. The van der Waals surface area contributed by atoms with Gasteiger partial charge < -0.3 is 15.4 Å². The summed E-state index contributed by atoms with van der Waals surface area (Å²) in [7, 11) is 1.68. The minimum absolute atomic E-state index is 0. The van der Waals surface area contributed by atoms with Gasteiger partial charge in [-0.2, -0.15) is 0 Å². The number of carbonyl (C=O) groups is 1. The summed E-state index contributed by atoms with van der Waals surface area (Å²) in [6.45, 7) is 3.01. The number of piperidine rings is 1. The first-order valence-corrected chi connectivity index (χ1v) is 8.48. The van der Waals surface area contributed by atoms with Crippen molar-refractivity contribution < 1.29 is 18.3 Å². The van der Waals surface area contributed by atoms with Crippen molar-refractivity contribution in [3.8, 4) is 0 Å². The third kappa shape index (κ3) is 4.49. The van der Waals surface area contributed by atoms with Gasteiger partial charge in [0.2, 0.25) is 5.91 Å². The third-order valence-corrected chi connectivity index (χ3v) is 5.26. The van der Waals surface area contributed by atoms with Crippen LogP contribution in [0.5, 0.6) is 0 Å². The summed E-state index contributed by atoms with van der Waals surface area (Å²) in [4.78, 5) is 12.4. The van der Waals surface area contributed by atoms with Gasteiger partial charge in [-0.15, -0.1) is 12.4 Å². The SMILES string of the molecule is COCC1(CNC(=O)C2CC2c2cccc(F)c2F)CCNCC1.Cl. The fraction of sp³-hybridized carbons (Fsp3) is 0.611. The summed E-state index contributed by atoms with van der Waals surface area (Å²) >= 11 is 0. The second-order valence-electron chi connectivity index (χ2n) is 6.99. The van der Waals surface area contributed by atoms with E-state index in [1.807, 2.05) is 0 Å². The maximum atomic E-state index is 13.8. The summed E-state index contributed by atoms with van der Waals surface area (Å²) in [5.74, 6) is -2.23. The minimum atomic E-state index is -0.854. The van der Waals surface area contributed by atoms with Gasteiger partial charge in [-0.05, 0) is 49.9 Å². The number of ether oxygens (including phenoxy) is 1. The van der Waals surface area contributed by atoms with E-state index in [9.17, 15) is 13.6 Å². The third-order valence-electron chi connectivity index (χ3n) is 5.26. The molecule has 2 fully saturated rings. The molecule has 7 heteroatoms. The standard InChI is InChI=1S/C18H24F2N2O2.ClH/c1-24-11-18(5-7-21-8-6-18)10-22-17(23)14-9-13(14)12-3-2-4-15(19)16(12)20;/h2-4,13-14,21H,5-11H2,1H3,(H,22,23);1H. The Labute approximate surface area is 153 Å². The quantitative estimate of drug-likeness (QED) is 0.804. The number of hydrogen-bond acceptors (Lipinski definition) is 3. The number of carbonyl (C=O) groups excluding carboxylic acids is 1. The van der Waals surface area contributed by atoms with Crippen molar-refractivity contribution in [2.75, 3.05) is 33.4 Å². The number of hydrogen-bond donors (Lipinski definition) is 2. The summed E-state index contributed by atoms with van der Waals surface area (Å²) in [5, 5.41) is 6.33. The van der Waals surface area contributed by atoms with E-state index in [0.717, 1.165) is 32.0 Å². The second-order valence-corrected chi connectivity index (χ2v) is 6.99. The normalized spacial score (nSPS) is 24.3. The average Bonchev–Trinajstić information content (AvgIpc) is 3.37. The zero-order chi connectivity index (χ0) is 17.2. The highest BCUT2D eigenvalue weighted by Gasteiger charge is 2.46. The van der Waals surface area contributed by atoms with E-state index < -0.39 is 11.6 Å². The molecular weight excluding hydrogens is 350 g/mol. The van der Waals surface area contributed by atoms with E-state index in [0.29, 0.717) is 25.1 Å². The molecule has 0 radical (unpaired) electrons. The van der Waals surface area contributed by atoms with E-state index in [1.165, 1.54) is 6.07 Å². The molecule has 1 aliphatic carbocycles. The van der Waals surface area contributed by atoms with Crippen LogP contribution >= 0.6 is 12.4 Å². The Kier molecular flexibility index (Phi) is 6.77. The molecule has 0 spiro atoms. The lowest BCUT2D eigenvalue weighted by molar-refractivity contribution is -0.123. The van der Waals surface area contributed by atoms with Gasteiger partial charge in [0.15, 0.2) is 11.6 Å². The van der Waals surface area contributed by atoms with Gasteiger partial charge in [0.1, 0.15) is 0 Å². The topological polar surface area (TPSA) is 50.4 Å².